The zero-order chi connectivity index (χ0) is 82.5. The quantitative estimate of drug-likeness (QED) is 0.00971. The average molecular weight is 1620 g/mol. The number of imide groups is 5. The van der Waals surface area contributed by atoms with Crippen LogP contribution >= 0.6 is 0 Å². The zero-order valence-corrected chi connectivity index (χ0v) is 74.0. The van der Waals surface area contributed by atoms with Gasteiger partial charge in [0.05, 0.1) is 59.2 Å². The van der Waals surface area contributed by atoms with Gasteiger partial charge in [-0.15, -0.1) is 0 Å². The predicted molar refractivity (Wildman–Crippen MR) is 378 cm³/mol. The zero-order valence-electron chi connectivity index (χ0n) is 67.8. The molecule has 610 valence electrons. The van der Waals surface area contributed by atoms with Crippen molar-refractivity contribution in [2.24, 2.45) is 81.8 Å². The van der Waals surface area contributed by atoms with Gasteiger partial charge in [0, 0.05) is 74.4 Å². The standard InChI is InChI=1S/2C13H22N2O6.2C11H14N2O4.C10H18N2O4.C9H14N2O3.2CH3.2K/c1-7(5-8(10(14)16)12(18)20-3)6-9(11(17)15-2)13(19)21-4;1-6-8(2)7-15-10(17)13(9(16)14-3,11(18)20-4)12(19)21-5;1-5(3-6-8(14)12-9(6)15)4-7-10(16)13(2)11(7)17;1-4-6(2)5-13-9(16)11(10(13)17)7(14)12(3)8(11)15;1-6(2)5-12-9(14)7(8(13)11-3)10(15)16-4;1-5(2)4-10-7(12)6-8(13)11(3)9(6)14;;;;/h7-9H,5-6H2,1-4H3,(H3,14,15,16,17);8H,6-7H2,1-5H3,(H,14,16)(H,15,17);5-7H,3-4H2,1-2H3,(H,12,14,15);6H,4-5H2,1-3H3;6-7H,5H2,1-4H3,(H,11,13)(H,12,14);5-6H,4H2,1-3H3,(H,10,12);2*1H3;;/q;;;;;;2*-1;2*+1/p-2/t7-,8?,9?;8-;5-;6-;;;;;;/m1111....../s1. The van der Waals surface area contributed by atoms with Crippen LogP contribution in [0.1, 0.15) is 108 Å². The fourth-order valence-corrected chi connectivity index (χ4v) is 10.1. The summed E-state index contributed by atoms with van der Waals surface area (Å²) in [4.78, 5) is 257. The number of esters is 5. The number of ether oxygens (including phenoxy) is 5. The molecular formula is C69H108K2N12O27-2. The smallest absolute Gasteiger partial charge is 0.667 e. The largest absolute Gasteiger partial charge is 1.00 e. The van der Waals surface area contributed by atoms with Crippen LogP contribution < -0.4 is 135 Å². The van der Waals surface area contributed by atoms with Crippen molar-refractivity contribution < 1.29 is 232 Å². The van der Waals surface area contributed by atoms with E-state index in [9.17, 15) is 105 Å². The molecule has 17 amide bonds. The Morgan fingerprint density at radius 3 is 1.26 bits per heavy atom. The number of β-lactam (4-membered cyclic amide) rings is 10. The Morgan fingerprint density at radius 2 is 0.882 bits per heavy atom. The monoisotopic (exact) mass is 1610 g/mol. The van der Waals surface area contributed by atoms with E-state index in [1.807, 2.05) is 62.3 Å². The third-order valence-electron chi connectivity index (χ3n) is 17.2. The Hall–Kier alpha value is -7.39. The van der Waals surface area contributed by atoms with E-state index in [2.05, 4.69) is 60.9 Å². The molecule has 0 saturated carbocycles. The second kappa shape index (κ2) is 52.0. The summed E-state index contributed by atoms with van der Waals surface area (Å²) < 4.78 is 22.3. The first-order chi connectivity index (χ1) is 49.3. The molecule has 0 aromatic heterocycles. The summed E-state index contributed by atoms with van der Waals surface area (Å²) in [6, 6.07) is 0. The summed E-state index contributed by atoms with van der Waals surface area (Å²) in [6.07, 6.45) is 2.52. The van der Waals surface area contributed by atoms with E-state index in [0.29, 0.717) is 31.8 Å². The van der Waals surface area contributed by atoms with Gasteiger partial charge in [-0.3, -0.25) is 101 Å². The number of nitrogens with zero attached hydrogens (tertiary/aromatic N) is 5. The molecule has 0 aliphatic carbocycles. The molecule has 7 N–H and O–H groups in total. The number of methoxy groups -OCH3 is 5. The molecule has 110 heavy (non-hydrogen) atoms. The molecule has 5 saturated heterocycles. The summed E-state index contributed by atoms with van der Waals surface area (Å²) in [6.45, 7) is 20.2. The second-order valence-corrected chi connectivity index (χ2v) is 26.1. The molecule has 5 heterocycles. The van der Waals surface area contributed by atoms with Crippen molar-refractivity contribution in [2.45, 2.75) is 108 Å². The van der Waals surface area contributed by atoms with Crippen molar-refractivity contribution in [2.75, 3.05) is 104 Å². The van der Waals surface area contributed by atoms with Gasteiger partial charge in [0.2, 0.25) is 41.4 Å². The molecule has 5 aliphatic rings. The summed E-state index contributed by atoms with van der Waals surface area (Å²) in [5.41, 5.74) is 2.37. The van der Waals surface area contributed by atoms with Gasteiger partial charge in [-0.25, -0.2) is 9.59 Å². The van der Waals surface area contributed by atoms with Gasteiger partial charge in [0.1, 0.15) is 11.8 Å². The van der Waals surface area contributed by atoms with Crippen LogP contribution in [0, 0.1) is 96.7 Å². The third-order valence-corrected chi connectivity index (χ3v) is 17.2. The van der Waals surface area contributed by atoms with E-state index >= 15 is 0 Å². The third kappa shape index (κ3) is 28.4. The average Bonchev–Trinajstić information content (AvgIpc) is 0.674. The molecule has 5 rings (SSSR count). The minimum absolute atomic E-state index is 0. The molecule has 0 bridgehead atoms. The first-order valence-corrected chi connectivity index (χ1v) is 33.5. The molecule has 3 unspecified atom stereocenters. The molecular weight excluding hydrogens is 1510 g/mol. The summed E-state index contributed by atoms with van der Waals surface area (Å²) in [5, 5.41) is 17.4. The van der Waals surface area contributed by atoms with Crippen molar-refractivity contribution in [3.8, 4) is 0 Å². The van der Waals surface area contributed by atoms with Gasteiger partial charge >= 0.3 is 138 Å². The van der Waals surface area contributed by atoms with Crippen molar-refractivity contribution in [3.05, 3.63) is 25.9 Å². The van der Waals surface area contributed by atoms with Crippen molar-refractivity contribution in [1.29, 1.82) is 0 Å². The van der Waals surface area contributed by atoms with Crippen molar-refractivity contribution >= 4 is 130 Å². The van der Waals surface area contributed by atoms with Crippen LogP contribution in [0.4, 0.5) is 0 Å². The summed E-state index contributed by atoms with van der Waals surface area (Å²) in [7, 11) is 13.4. The van der Waals surface area contributed by atoms with Gasteiger partial charge < -0.3 is 95.9 Å². The van der Waals surface area contributed by atoms with Gasteiger partial charge in [-0.05, 0) is 61.2 Å². The SMILES string of the molecule is CC(C)CNC(=O)C1C(=O)N(C)C1=O.CC[C@@H](C)CN1C(=O)C2(C(=O)N(C)C2=O)C1=O.CC[C@@H](C)CNC(=O)C(C(=O)NC)(C(=O)OC)C(=O)OC.CNC(=O)C(C(=O)NCC(C)C)C(=O)OC.CNC(=O)C(C[C@H](C)CC(C([NH-])=O)C(=O)OC)C(=O)OC.C[C@H](CC1C(=O)[N-]C1=O)CC1C(=O)N(C)C1=O.[CH3-].[CH3-].[K+].[K+]. The minimum Gasteiger partial charge on any atom is -0.667 e. The van der Waals surface area contributed by atoms with Crippen LogP contribution in [0.25, 0.3) is 11.1 Å². The molecule has 5 aliphatic heterocycles. The Morgan fingerprint density at radius 1 is 0.473 bits per heavy atom. The molecule has 0 aromatic carbocycles. The van der Waals surface area contributed by atoms with Crippen LogP contribution in [0.15, 0.2) is 0 Å². The van der Waals surface area contributed by atoms with E-state index in [1.54, 1.807) is 6.92 Å². The maximum atomic E-state index is 12.3. The number of carbonyl (C=O) groups is 22. The molecule has 39 nitrogen and oxygen atoms in total. The fraction of sp³-hybridized carbons (Fsp3) is 0.652. The number of likely N-dealkylation sites (tertiary alicyclic amines) is 4. The number of nitrogens with one attached hydrogen (secondary N) is 7. The Kier molecular flexibility index (Phi) is 52.6. The van der Waals surface area contributed by atoms with E-state index in [1.165, 1.54) is 49.4 Å². The van der Waals surface area contributed by atoms with Crippen molar-refractivity contribution in [1.82, 2.24) is 51.5 Å². The molecule has 1 spiro atoms. The first kappa shape index (κ1) is 111. The fourth-order valence-electron chi connectivity index (χ4n) is 10.1. The Bertz CT molecular complexity index is 3220. The molecule has 0 radical (unpaired) electrons. The van der Waals surface area contributed by atoms with Crippen LogP contribution in [0.5, 0.6) is 0 Å². The predicted octanol–water partition coefficient (Wildman–Crippen LogP) is -7.43. The first-order valence-electron chi connectivity index (χ1n) is 33.5. The number of rotatable bonds is 30. The molecule has 7 atom stereocenters. The topological polar surface area (TPSA) is 545 Å². The van der Waals surface area contributed by atoms with Gasteiger partial charge in [0.15, 0.2) is 5.92 Å². The van der Waals surface area contributed by atoms with Crippen LogP contribution in [-0.2, 0) is 129 Å². The summed E-state index contributed by atoms with van der Waals surface area (Å²) >= 11 is 0. The minimum atomic E-state index is -2.70. The van der Waals surface area contributed by atoms with Crippen molar-refractivity contribution in [3.63, 3.8) is 0 Å². The Balaban J connectivity index is -0.000000400. The van der Waals surface area contributed by atoms with E-state index in [0.717, 1.165) is 60.9 Å². The van der Waals surface area contributed by atoms with E-state index < -0.39 is 153 Å². The number of hydrogen-bond donors (Lipinski definition) is 6. The maximum absolute atomic E-state index is 12.3. The van der Waals surface area contributed by atoms with Gasteiger partial charge in [0.25, 0.3) is 52.7 Å². The van der Waals surface area contributed by atoms with E-state index in [4.69, 9.17) is 5.73 Å². The molecule has 0 aromatic rings. The number of hydrogen-bond acceptors (Lipinski definition) is 27. The van der Waals surface area contributed by atoms with E-state index in [-0.39, 0.29) is 197 Å². The van der Waals surface area contributed by atoms with Crippen LogP contribution in [0.3, 0.4) is 0 Å². The van der Waals surface area contributed by atoms with Gasteiger partial charge in [-0.2, -0.15) is 0 Å². The number of amides is 17. The maximum Gasteiger partial charge on any atom is 1.00 e. The molecule has 5 fully saturated rings. The number of carbonyl (C=O) groups excluding carboxylic acids is 22. The molecule has 41 heteroatoms. The Labute approximate surface area is 726 Å². The van der Waals surface area contributed by atoms with Gasteiger partial charge in [-0.1, -0.05) is 82.1 Å². The normalized spacial score (nSPS) is 16.3. The second-order valence-electron chi connectivity index (χ2n) is 26.1. The van der Waals surface area contributed by atoms with Crippen LogP contribution in [-0.4, -0.2) is 254 Å². The van der Waals surface area contributed by atoms with Crippen LogP contribution in [0.2, 0.25) is 0 Å². The summed E-state index contributed by atoms with van der Waals surface area (Å²) in [5.74, 6) is -20.6.